The second-order valence-corrected chi connectivity index (χ2v) is 10.7. The lowest BCUT2D eigenvalue weighted by molar-refractivity contribution is -0.119. The molecule has 1 atom stereocenters. The molecule has 172 valence electrons. The van der Waals surface area contributed by atoms with Crippen LogP contribution in [0, 0.1) is 11.3 Å². The second kappa shape index (κ2) is 10.1. The molecule has 3 aromatic carbocycles. The lowest BCUT2D eigenvalue weighted by atomic mass is 10.1. The Morgan fingerprint density at radius 3 is 2.47 bits per heavy atom. The van der Waals surface area contributed by atoms with Gasteiger partial charge in [-0.25, -0.2) is 8.42 Å². The summed E-state index contributed by atoms with van der Waals surface area (Å²) in [7, 11) is -3.55. The van der Waals surface area contributed by atoms with Crippen LogP contribution in [0.2, 0.25) is 0 Å². The zero-order chi connectivity index (χ0) is 24.1. The Morgan fingerprint density at radius 1 is 1.03 bits per heavy atom. The smallest absolute Gasteiger partial charge is 0.255 e. The number of nitrogens with one attached hydrogen (secondary N) is 1. The molecular weight excluding hydrogens is 470 g/mol. The van der Waals surface area contributed by atoms with Gasteiger partial charge in [0.1, 0.15) is 6.04 Å². The molecule has 1 aliphatic rings. The van der Waals surface area contributed by atoms with E-state index in [4.69, 9.17) is 5.26 Å². The average Bonchev–Trinajstić information content (AvgIpc) is 3.35. The molecule has 3 aromatic rings. The molecule has 0 aliphatic carbocycles. The van der Waals surface area contributed by atoms with Gasteiger partial charge in [0.25, 0.3) is 5.91 Å². The van der Waals surface area contributed by atoms with Crippen molar-refractivity contribution < 1.29 is 18.0 Å². The van der Waals surface area contributed by atoms with Crippen LogP contribution in [0.4, 0.5) is 5.69 Å². The molecule has 1 heterocycles. The lowest BCUT2D eigenvalue weighted by Crippen LogP contribution is -2.44. The number of carbonyl (C=O) groups is 2. The predicted octanol–water partition coefficient (Wildman–Crippen LogP) is 3.69. The van der Waals surface area contributed by atoms with Crippen molar-refractivity contribution in [3.8, 4) is 6.07 Å². The average molecular weight is 492 g/mol. The standard InChI is InChI=1S/C25H21N3O4S2/c26-14-18-9-11-21(12-10-18)27-24(29)23-15-33-17-28(23)25(30)20-6-4-5-19(13-20)16-34(31,32)22-7-2-1-3-8-22/h1-13,23H,15-17H2,(H,27,29). The number of hydrogen-bond acceptors (Lipinski definition) is 6. The van der Waals surface area contributed by atoms with Gasteiger partial charge in [-0.2, -0.15) is 5.26 Å². The highest BCUT2D eigenvalue weighted by Crippen LogP contribution is 2.25. The van der Waals surface area contributed by atoms with E-state index in [1.54, 1.807) is 78.9 Å². The maximum Gasteiger partial charge on any atom is 0.255 e. The van der Waals surface area contributed by atoms with E-state index >= 15 is 0 Å². The Hall–Kier alpha value is -3.61. The van der Waals surface area contributed by atoms with Crippen LogP contribution in [0.5, 0.6) is 0 Å². The molecule has 7 nitrogen and oxygen atoms in total. The number of hydrogen-bond donors (Lipinski definition) is 1. The molecule has 1 fully saturated rings. The summed E-state index contributed by atoms with van der Waals surface area (Å²) >= 11 is 1.48. The first-order valence-corrected chi connectivity index (χ1v) is 13.2. The molecule has 0 saturated carbocycles. The summed E-state index contributed by atoms with van der Waals surface area (Å²) in [6.45, 7) is 0. The summed E-state index contributed by atoms with van der Waals surface area (Å²) < 4.78 is 25.4. The number of anilines is 1. The molecule has 0 bridgehead atoms. The first-order valence-electron chi connectivity index (χ1n) is 10.4. The molecule has 0 aromatic heterocycles. The van der Waals surface area contributed by atoms with E-state index in [-0.39, 0.29) is 22.5 Å². The van der Waals surface area contributed by atoms with Crippen LogP contribution in [-0.4, -0.2) is 42.8 Å². The van der Waals surface area contributed by atoms with Crippen molar-refractivity contribution in [3.63, 3.8) is 0 Å². The number of benzene rings is 3. The monoisotopic (exact) mass is 491 g/mol. The van der Waals surface area contributed by atoms with Crippen molar-refractivity contribution in [1.29, 1.82) is 5.26 Å². The number of thioether (sulfide) groups is 1. The van der Waals surface area contributed by atoms with Crippen molar-refractivity contribution >= 4 is 39.1 Å². The molecule has 1 aliphatic heterocycles. The van der Waals surface area contributed by atoms with Gasteiger partial charge < -0.3 is 10.2 Å². The van der Waals surface area contributed by atoms with Crippen LogP contribution in [0.1, 0.15) is 21.5 Å². The van der Waals surface area contributed by atoms with E-state index in [9.17, 15) is 18.0 Å². The van der Waals surface area contributed by atoms with Gasteiger partial charge in [0.2, 0.25) is 5.91 Å². The van der Waals surface area contributed by atoms with Crippen molar-refractivity contribution in [3.05, 3.63) is 95.6 Å². The summed E-state index contributed by atoms with van der Waals surface area (Å²) in [6, 6.07) is 22.6. The molecule has 4 rings (SSSR count). The summed E-state index contributed by atoms with van der Waals surface area (Å²) in [5.41, 5.74) is 1.86. The Balaban J connectivity index is 1.48. The first kappa shape index (κ1) is 23.5. The molecule has 34 heavy (non-hydrogen) atoms. The van der Waals surface area contributed by atoms with Gasteiger partial charge in [-0.3, -0.25) is 9.59 Å². The molecule has 1 N–H and O–H groups in total. The quantitative estimate of drug-likeness (QED) is 0.564. The van der Waals surface area contributed by atoms with Crippen LogP contribution in [-0.2, 0) is 20.4 Å². The third-order valence-electron chi connectivity index (χ3n) is 5.36. The Morgan fingerprint density at radius 2 is 1.76 bits per heavy atom. The van der Waals surface area contributed by atoms with Gasteiger partial charge >= 0.3 is 0 Å². The Bertz CT molecular complexity index is 1350. The Kier molecular flexibility index (Phi) is 7.01. The van der Waals surface area contributed by atoms with E-state index in [0.717, 1.165) is 0 Å². The van der Waals surface area contributed by atoms with Crippen LogP contribution in [0.3, 0.4) is 0 Å². The van der Waals surface area contributed by atoms with Crippen LogP contribution < -0.4 is 5.32 Å². The van der Waals surface area contributed by atoms with Crippen LogP contribution in [0.25, 0.3) is 0 Å². The molecule has 1 saturated heterocycles. The molecule has 0 radical (unpaired) electrons. The summed E-state index contributed by atoms with van der Waals surface area (Å²) in [5.74, 6) is -0.0581. The predicted molar refractivity (Wildman–Crippen MR) is 131 cm³/mol. The molecular formula is C25H21N3O4S2. The van der Waals surface area contributed by atoms with Gasteiger partial charge in [-0.05, 0) is 54.1 Å². The minimum absolute atomic E-state index is 0.224. The topological polar surface area (TPSA) is 107 Å². The summed E-state index contributed by atoms with van der Waals surface area (Å²) in [4.78, 5) is 27.8. The maximum absolute atomic E-state index is 13.2. The number of sulfone groups is 1. The van der Waals surface area contributed by atoms with Crippen molar-refractivity contribution in [2.75, 3.05) is 16.9 Å². The van der Waals surface area contributed by atoms with E-state index in [2.05, 4.69) is 5.32 Å². The van der Waals surface area contributed by atoms with Crippen molar-refractivity contribution in [1.82, 2.24) is 4.90 Å². The fourth-order valence-electron chi connectivity index (χ4n) is 3.60. The van der Waals surface area contributed by atoms with Gasteiger partial charge in [0, 0.05) is 17.0 Å². The highest BCUT2D eigenvalue weighted by Gasteiger charge is 2.35. The summed E-state index contributed by atoms with van der Waals surface area (Å²) in [6.07, 6.45) is 0. The number of rotatable bonds is 6. The third kappa shape index (κ3) is 5.30. The van der Waals surface area contributed by atoms with Crippen LogP contribution >= 0.6 is 11.8 Å². The molecule has 0 spiro atoms. The summed E-state index contributed by atoms with van der Waals surface area (Å²) in [5, 5.41) is 11.7. The normalized spacial score (nSPS) is 15.5. The lowest BCUT2D eigenvalue weighted by Gasteiger charge is -2.23. The van der Waals surface area contributed by atoms with Gasteiger partial charge in [0.15, 0.2) is 9.84 Å². The first-order chi connectivity index (χ1) is 16.4. The van der Waals surface area contributed by atoms with Crippen molar-refractivity contribution in [2.45, 2.75) is 16.7 Å². The number of nitrogens with zero attached hydrogens (tertiary/aromatic N) is 2. The number of carbonyl (C=O) groups excluding carboxylic acids is 2. The van der Waals surface area contributed by atoms with Gasteiger partial charge in [0.05, 0.1) is 28.2 Å². The fourth-order valence-corrected chi connectivity index (χ4v) is 6.11. The molecule has 9 heteroatoms. The van der Waals surface area contributed by atoms with Crippen LogP contribution in [0.15, 0.2) is 83.8 Å². The number of nitriles is 1. The van der Waals surface area contributed by atoms with E-state index < -0.39 is 15.9 Å². The third-order valence-corrected chi connectivity index (χ3v) is 8.08. The van der Waals surface area contributed by atoms with E-state index in [1.165, 1.54) is 16.7 Å². The van der Waals surface area contributed by atoms with E-state index in [1.807, 2.05) is 6.07 Å². The minimum Gasteiger partial charge on any atom is -0.324 e. The van der Waals surface area contributed by atoms with E-state index in [0.29, 0.717) is 34.0 Å². The van der Waals surface area contributed by atoms with Crippen molar-refractivity contribution in [2.24, 2.45) is 0 Å². The zero-order valence-corrected chi connectivity index (χ0v) is 19.7. The molecule has 1 unspecified atom stereocenters. The highest BCUT2D eigenvalue weighted by molar-refractivity contribution is 7.99. The van der Waals surface area contributed by atoms with Gasteiger partial charge in [-0.1, -0.05) is 30.3 Å². The zero-order valence-electron chi connectivity index (χ0n) is 18.0. The second-order valence-electron chi connectivity index (χ2n) is 7.74. The molecule has 2 amide bonds. The minimum atomic E-state index is -3.55. The Labute approximate surface area is 202 Å². The number of amides is 2. The fraction of sp³-hybridized carbons (Fsp3) is 0.160. The maximum atomic E-state index is 13.2. The SMILES string of the molecule is N#Cc1ccc(NC(=O)C2CSCN2C(=O)c2cccc(CS(=O)(=O)c3ccccc3)c2)cc1. The van der Waals surface area contributed by atoms with Gasteiger partial charge in [-0.15, -0.1) is 11.8 Å². The largest absolute Gasteiger partial charge is 0.324 e. The highest BCUT2D eigenvalue weighted by atomic mass is 32.2.